The van der Waals surface area contributed by atoms with Crippen LogP contribution in [0.4, 0.5) is 11.4 Å². The molecule has 0 spiro atoms. The van der Waals surface area contributed by atoms with Gasteiger partial charge in [0.2, 0.25) is 15.9 Å². The Kier molecular flexibility index (Phi) is 7.54. The summed E-state index contributed by atoms with van der Waals surface area (Å²) in [5, 5.41) is 2.99. The number of anilines is 2. The van der Waals surface area contributed by atoms with Gasteiger partial charge in [0.05, 0.1) is 16.3 Å². The zero-order valence-electron chi connectivity index (χ0n) is 17.7. The van der Waals surface area contributed by atoms with Crippen molar-refractivity contribution in [1.29, 1.82) is 0 Å². The lowest BCUT2D eigenvalue weighted by atomic mass is 10.2. The highest BCUT2D eigenvalue weighted by molar-refractivity contribution is 7.89. The summed E-state index contributed by atoms with van der Waals surface area (Å²) in [4.78, 5) is 17.2. The summed E-state index contributed by atoms with van der Waals surface area (Å²) in [5.74, 6) is -0.0604. The second-order valence-corrected chi connectivity index (χ2v) is 10.0. The molecule has 2 fully saturated rings. The molecular weight excluding hydrogens is 388 g/mol. The highest BCUT2D eigenvalue weighted by Crippen LogP contribution is 2.32. The lowest BCUT2D eigenvalue weighted by Gasteiger charge is -2.35. The SMILES string of the molecule is CCCCC(=O)Nc1cc(S(=O)(=O)N2CCCCC2)ccc1N1CCN(C)CC1. The van der Waals surface area contributed by atoms with Gasteiger partial charge in [-0.25, -0.2) is 8.42 Å². The molecule has 2 saturated heterocycles. The minimum atomic E-state index is -3.54. The summed E-state index contributed by atoms with van der Waals surface area (Å²) in [7, 11) is -1.44. The van der Waals surface area contributed by atoms with Crippen LogP contribution in [0.25, 0.3) is 0 Å². The molecule has 3 rings (SSSR count). The topological polar surface area (TPSA) is 73.0 Å². The Balaban J connectivity index is 1.89. The number of likely N-dealkylation sites (N-methyl/N-ethyl adjacent to an activating group) is 1. The third-order valence-electron chi connectivity index (χ3n) is 5.80. The number of nitrogens with one attached hydrogen (secondary N) is 1. The summed E-state index contributed by atoms with van der Waals surface area (Å²) in [5.41, 5.74) is 1.51. The molecule has 0 unspecified atom stereocenters. The first kappa shape index (κ1) is 22.1. The maximum atomic E-state index is 13.1. The second kappa shape index (κ2) is 9.91. The van der Waals surface area contributed by atoms with Gasteiger partial charge in [-0.2, -0.15) is 4.31 Å². The quantitative estimate of drug-likeness (QED) is 0.731. The Morgan fingerprint density at radius 2 is 1.72 bits per heavy atom. The van der Waals surface area contributed by atoms with Gasteiger partial charge in [0.15, 0.2) is 0 Å². The van der Waals surface area contributed by atoms with E-state index in [0.29, 0.717) is 25.2 Å². The fourth-order valence-electron chi connectivity index (χ4n) is 3.90. The Morgan fingerprint density at radius 3 is 2.38 bits per heavy atom. The summed E-state index contributed by atoms with van der Waals surface area (Å²) in [6.45, 7) is 6.78. The molecule has 29 heavy (non-hydrogen) atoms. The van der Waals surface area contributed by atoms with Gasteiger partial charge >= 0.3 is 0 Å². The van der Waals surface area contributed by atoms with Gasteiger partial charge in [-0.1, -0.05) is 19.8 Å². The number of amides is 1. The van der Waals surface area contributed by atoms with Crippen molar-refractivity contribution in [2.45, 2.75) is 50.3 Å². The van der Waals surface area contributed by atoms with Crippen LogP contribution in [0.1, 0.15) is 45.4 Å². The zero-order chi connectivity index (χ0) is 20.9. The van der Waals surface area contributed by atoms with E-state index in [1.54, 1.807) is 16.4 Å². The number of piperidine rings is 1. The number of piperazine rings is 1. The smallest absolute Gasteiger partial charge is 0.243 e. The van der Waals surface area contributed by atoms with Crippen molar-refractivity contribution in [1.82, 2.24) is 9.21 Å². The van der Waals surface area contributed by atoms with E-state index in [1.807, 2.05) is 6.07 Å². The number of unbranched alkanes of at least 4 members (excludes halogenated alkanes) is 1. The fourth-order valence-corrected chi connectivity index (χ4v) is 5.45. The molecule has 0 aromatic heterocycles. The third kappa shape index (κ3) is 5.49. The van der Waals surface area contributed by atoms with Crippen LogP contribution in [0.2, 0.25) is 0 Å². The number of rotatable bonds is 7. The molecule has 2 aliphatic heterocycles. The van der Waals surface area contributed by atoms with Crippen LogP contribution in [-0.4, -0.2) is 69.8 Å². The molecule has 8 heteroatoms. The van der Waals surface area contributed by atoms with Crippen LogP contribution >= 0.6 is 0 Å². The van der Waals surface area contributed by atoms with E-state index in [0.717, 1.165) is 64.0 Å². The highest BCUT2D eigenvalue weighted by Gasteiger charge is 2.27. The highest BCUT2D eigenvalue weighted by atomic mass is 32.2. The van der Waals surface area contributed by atoms with Crippen LogP contribution < -0.4 is 10.2 Å². The van der Waals surface area contributed by atoms with Gasteiger partial charge in [0, 0.05) is 45.7 Å². The lowest BCUT2D eigenvalue weighted by Crippen LogP contribution is -2.44. The molecule has 2 heterocycles. The number of hydrogen-bond acceptors (Lipinski definition) is 5. The van der Waals surface area contributed by atoms with E-state index in [9.17, 15) is 13.2 Å². The van der Waals surface area contributed by atoms with Gasteiger partial charge in [-0.3, -0.25) is 4.79 Å². The Labute approximate surface area is 175 Å². The van der Waals surface area contributed by atoms with E-state index in [4.69, 9.17) is 0 Å². The van der Waals surface area contributed by atoms with Crippen LogP contribution in [0, 0.1) is 0 Å². The molecule has 1 aromatic rings. The zero-order valence-corrected chi connectivity index (χ0v) is 18.5. The number of hydrogen-bond donors (Lipinski definition) is 1. The van der Waals surface area contributed by atoms with Crippen molar-refractivity contribution in [2.24, 2.45) is 0 Å². The third-order valence-corrected chi connectivity index (χ3v) is 7.69. The van der Waals surface area contributed by atoms with Gasteiger partial charge in [-0.15, -0.1) is 0 Å². The Morgan fingerprint density at radius 1 is 1.03 bits per heavy atom. The molecule has 0 saturated carbocycles. The molecule has 0 bridgehead atoms. The molecule has 1 aromatic carbocycles. The first-order chi connectivity index (χ1) is 13.9. The predicted octanol–water partition coefficient (Wildman–Crippen LogP) is 2.74. The van der Waals surface area contributed by atoms with Crippen LogP contribution in [0.3, 0.4) is 0 Å². The normalized spacial score (nSPS) is 19.3. The molecule has 162 valence electrons. The average molecular weight is 423 g/mol. The van der Waals surface area contributed by atoms with Crippen molar-refractivity contribution < 1.29 is 13.2 Å². The number of benzene rings is 1. The Bertz CT molecular complexity index is 798. The van der Waals surface area contributed by atoms with E-state index < -0.39 is 10.0 Å². The average Bonchev–Trinajstić information content (AvgIpc) is 2.73. The van der Waals surface area contributed by atoms with Crippen molar-refractivity contribution in [3.63, 3.8) is 0 Å². The summed E-state index contributed by atoms with van der Waals surface area (Å²) >= 11 is 0. The molecule has 1 N–H and O–H groups in total. The maximum absolute atomic E-state index is 13.1. The maximum Gasteiger partial charge on any atom is 0.243 e. The van der Waals surface area contributed by atoms with Gasteiger partial charge in [-0.05, 0) is 44.5 Å². The molecule has 1 amide bonds. The van der Waals surface area contributed by atoms with Crippen LogP contribution in [-0.2, 0) is 14.8 Å². The summed E-state index contributed by atoms with van der Waals surface area (Å²) in [6, 6.07) is 5.21. The van der Waals surface area contributed by atoms with Gasteiger partial charge < -0.3 is 15.1 Å². The van der Waals surface area contributed by atoms with Crippen LogP contribution in [0.15, 0.2) is 23.1 Å². The predicted molar refractivity (Wildman–Crippen MR) is 117 cm³/mol. The molecule has 0 atom stereocenters. The fraction of sp³-hybridized carbons (Fsp3) is 0.667. The standard InChI is InChI=1S/C21H34N4O3S/c1-3-4-8-21(26)22-19-17-18(29(27,28)25-11-6-5-7-12-25)9-10-20(19)24-15-13-23(2)14-16-24/h9-10,17H,3-8,11-16H2,1-2H3,(H,22,26). The summed E-state index contributed by atoms with van der Waals surface area (Å²) in [6.07, 6.45) is 5.09. The molecule has 0 aliphatic carbocycles. The molecule has 0 radical (unpaired) electrons. The van der Waals surface area contributed by atoms with E-state index in [-0.39, 0.29) is 10.8 Å². The van der Waals surface area contributed by atoms with Crippen molar-refractivity contribution in [3.05, 3.63) is 18.2 Å². The van der Waals surface area contributed by atoms with E-state index in [1.165, 1.54) is 0 Å². The van der Waals surface area contributed by atoms with Crippen molar-refractivity contribution in [2.75, 3.05) is 56.5 Å². The number of nitrogens with zero attached hydrogens (tertiary/aromatic N) is 3. The van der Waals surface area contributed by atoms with Crippen LogP contribution in [0.5, 0.6) is 0 Å². The van der Waals surface area contributed by atoms with E-state index >= 15 is 0 Å². The molecule has 7 nitrogen and oxygen atoms in total. The Hall–Kier alpha value is -1.64. The number of carbonyl (C=O) groups is 1. The van der Waals surface area contributed by atoms with Crippen molar-refractivity contribution in [3.8, 4) is 0 Å². The largest absolute Gasteiger partial charge is 0.367 e. The minimum absolute atomic E-state index is 0.0604. The number of carbonyl (C=O) groups excluding carboxylic acids is 1. The molecule has 2 aliphatic rings. The minimum Gasteiger partial charge on any atom is -0.367 e. The van der Waals surface area contributed by atoms with Crippen molar-refractivity contribution >= 4 is 27.3 Å². The first-order valence-electron chi connectivity index (χ1n) is 10.8. The number of sulfonamides is 1. The van der Waals surface area contributed by atoms with Gasteiger partial charge in [0.1, 0.15) is 0 Å². The second-order valence-electron chi connectivity index (χ2n) is 8.09. The van der Waals surface area contributed by atoms with Gasteiger partial charge in [0.25, 0.3) is 0 Å². The van der Waals surface area contributed by atoms with E-state index in [2.05, 4.69) is 29.1 Å². The molecular formula is C21H34N4O3S. The monoisotopic (exact) mass is 422 g/mol. The summed E-state index contributed by atoms with van der Waals surface area (Å²) < 4.78 is 27.8. The lowest BCUT2D eigenvalue weighted by molar-refractivity contribution is -0.116. The first-order valence-corrected chi connectivity index (χ1v) is 12.2.